The van der Waals surface area contributed by atoms with Crippen LogP contribution in [0.15, 0.2) is 103 Å². The molecule has 3 aromatic heterocycles. The van der Waals surface area contributed by atoms with Gasteiger partial charge in [0.15, 0.2) is 5.69 Å². The molecule has 0 bridgehead atoms. The molecule has 35 heavy (non-hydrogen) atoms. The minimum atomic E-state index is 0.660. The molecule has 0 radical (unpaired) electrons. The zero-order valence-corrected chi connectivity index (χ0v) is 19.4. The van der Waals surface area contributed by atoms with Crippen molar-refractivity contribution < 1.29 is 0 Å². The zero-order valence-electron chi connectivity index (χ0n) is 18.6. The first-order chi connectivity index (χ1) is 17.3. The third kappa shape index (κ3) is 3.18. The van der Waals surface area contributed by atoms with Crippen LogP contribution in [0.5, 0.6) is 0 Å². The van der Waals surface area contributed by atoms with Crippen LogP contribution < -0.4 is 0 Å². The van der Waals surface area contributed by atoms with Crippen molar-refractivity contribution in [2.75, 3.05) is 0 Å². The van der Waals surface area contributed by atoms with Crippen LogP contribution in [0.1, 0.15) is 0 Å². The number of rotatable bonds is 2. The lowest BCUT2D eigenvalue weighted by atomic mass is 9.96. The minimum Gasteiger partial charge on any atom is -0.254 e. The van der Waals surface area contributed by atoms with Crippen molar-refractivity contribution in [2.45, 2.75) is 0 Å². The molecule has 4 heteroatoms. The van der Waals surface area contributed by atoms with Gasteiger partial charge in [-0.1, -0.05) is 48.5 Å². The Morgan fingerprint density at radius 1 is 0.600 bits per heavy atom. The molecule has 0 unspecified atom stereocenters. The van der Waals surface area contributed by atoms with Gasteiger partial charge in [-0.15, -0.1) is 11.3 Å². The van der Waals surface area contributed by atoms with Crippen LogP contribution in [0.2, 0.25) is 0 Å². The van der Waals surface area contributed by atoms with Crippen LogP contribution >= 0.6 is 11.3 Å². The summed E-state index contributed by atoms with van der Waals surface area (Å²) in [7, 11) is 0. The molecule has 0 aliphatic carbocycles. The summed E-state index contributed by atoms with van der Waals surface area (Å²) >= 11 is 1.82. The molecule has 0 saturated carbocycles. The Morgan fingerprint density at radius 2 is 1.26 bits per heavy atom. The van der Waals surface area contributed by atoms with Gasteiger partial charge in [-0.05, 0) is 64.7 Å². The molecule has 0 saturated heterocycles. The molecule has 7 aromatic rings. The van der Waals surface area contributed by atoms with Gasteiger partial charge in [0.1, 0.15) is 0 Å². The topological polar surface area (TPSA) is 30.1 Å². The molecule has 0 spiro atoms. The van der Waals surface area contributed by atoms with E-state index in [1.807, 2.05) is 60.1 Å². The fourth-order valence-electron chi connectivity index (χ4n) is 4.87. The van der Waals surface area contributed by atoms with E-state index in [1.165, 1.54) is 31.3 Å². The third-order valence-corrected chi connectivity index (χ3v) is 7.72. The predicted molar refractivity (Wildman–Crippen MR) is 147 cm³/mol. The van der Waals surface area contributed by atoms with Gasteiger partial charge < -0.3 is 0 Å². The van der Waals surface area contributed by atoms with E-state index < -0.39 is 0 Å². The van der Waals surface area contributed by atoms with E-state index in [-0.39, 0.29) is 0 Å². The number of hydrogen-bond donors (Lipinski definition) is 0. The maximum Gasteiger partial charge on any atom is 0.187 e. The summed E-state index contributed by atoms with van der Waals surface area (Å²) in [5, 5.41) is 4.71. The summed E-state index contributed by atoms with van der Waals surface area (Å²) < 4.78 is 2.54. The molecule has 3 nitrogen and oxygen atoms in total. The molecule has 0 atom stereocenters. The highest BCUT2D eigenvalue weighted by Gasteiger charge is 2.13. The van der Waals surface area contributed by atoms with Crippen molar-refractivity contribution in [3.63, 3.8) is 0 Å². The molecule has 0 N–H and O–H groups in total. The lowest BCUT2D eigenvalue weighted by molar-refractivity contribution is 1.37. The minimum absolute atomic E-state index is 0.660. The average Bonchev–Trinajstić information content (AvgIpc) is 3.30. The van der Waals surface area contributed by atoms with E-state index in [2.05, 4.69) is 69.4 Å². The number of pyridine rings is 2. The SMILES string of the molecule is [C-]#[N+]c1ccc(-c2ccc3sc4ccc(-c5cc6cccnc6c6ncccc56)cc4c3c2)cc1. The van der Waals surface area contributed by atoms with Gasteiger partial charge in [-0.2, -0.15) is 0 Å². The summed E-state index contributed by atoms with van der Waals surface area (Å²) in [6.07, 6.45) is 3.66. The first-order valence-corrected chi connectivity index (χ1v) is 12.2. The molecule has 3 heterocycles. The van der Waals surface area contributed by atoms with Crippen molar-refractivity contribution in [1.29, 1.82) is 0 Å². The zero-order chi connectivity index (χ0) is 23.4. The third-order valence-electron chi connectivity index (χ3n) is 6.57. The second kappa shape index (κ2) is 7.73. The molecule has 0 fully saturated rings. The molecule has 0 aliphatic heterocycles. The summed E-state index contributed by atoms with van der Waals surface area (Å²) in [4.78, 5) is 12.8. The highest BCUT2D eigenvalue weighted by molar-refractivity contribution is 7.25. The summed E-state index contributed by atoms with van der Waals surface area (Å²) in [5.41, 5.74) is 7.14. The lowest BCUT2D eigenvalue weighted by Gasteiger charge is -2.10. The maximum absolute atomic E-state index is 7.20. The fraction of sp³-hybridized carbons (Fsp3) is 0. The van der Waals surface area contributed by atoms with Crippen LogP contribution in [0, 0.1) is 6.57 Å². The summed E-state index contributed by atoms with van der Waals surface area (Å²) in [6, 6.07) is 31.6. The van der Waals surface area contributed by atoms with Crippen molar-refractivity contribution >= 4 is 59.0 Å². The van der Waals surface area contributed by atoms with E-state index in [1.54, 1.807) is 0 Å². The van der Waals surface area contributed by atoms with Gasteiger partial charge in [0, 0.05) is 43.3 Å². The van der Waals surface area contributed by atoms with E-state index in [0.29, 0.717) is 5.69 Å². The number of hydrogen-bond acceptors (Lipinski definition) is 3. The van der Waals surface area contributed by atoms with Gasteiger partial charge in [-0.3, -0.25) is 9.97 Å². The van der Waals surface area contributed by atoms with Crippen molar-refractivity contribution in [1.82, 2.24) is 9.97 Å². The van der Waals surface area contributed by atoms with Crippen LogP contribution in [0.3, 0.4) is 0 Å². The second-order valence-corrected chi connectivity index (χ2v) is 9.67. The summed E-state index contributed by atoms with van der Waals surface area (Å²) in [6.45, 7) is 7.20. The van der Waals surface area contributed by atoms with E-state index in [9.17, 15) is 0 Å². The fourth-order valence-corrected chi connectivity index (χ4v) is 5.94. The molecular formula is C31H17N3S. The summed E-state index contributed by atoms with van der Waals surface area (Å²) in [5.74, 6) is 0. The number of aromatic nitrogens is 2. The van der Waals surface area contributed by atoms with Crippen molar-refractivity contribution in [2.24, 2.45) is 0 Å². The number of thiophene rings is 1. The second-order valence-electron chi connectivity index (χ2n) is 8.58. The van der Waals surface area contributed by atoms with Crippen LogP contribution in [-0.2, 0) is 0 Å². The first kappa shape index (κ1) is 19.8. The van der Waals surface area contributed by atoms with Gasteiger partial charge in [-0.25, -0.2) is 4.85 Å². The van der Waals surface area contributed by atoms with E-state index in [4.69, 9.17) is 6.57 Å². The van der Waals surface area contributed by atoms with Crippen LogP contribution in [-0.4, -0.2) is 9.97 Å². The molecule has 0 amide bonds. The highest BCUT2D eigenvalue weighted by atomic mass is 32.1. The smallest absolute Gasteiger partial charge is 0.187 e. The molecule has 7 rings (SSSR count). The predicted octanol–water partition coefficient (Wildman–Crippen LogP) is 9.04. The maximum atomic E-state index is 7.20. The normalized spacial score (nSPS) is 11.4. The average molecular weight is 464 g/mol. The van der Waals surface area contributed by atoms with E-state index >= 15 is 0 Å². The number of nitrogens with zero attached hydrogens (tertiary/aromatic N) is 3. The largest absolute Gasteiger partial charge is 0.254 e. The van der Waals surface area contributed by atoms with Gasteiger partial charge in [0.25, 0.3) is 0 Å². The van der Waals surface area contributed by atoms with Crippen molar-refractivity contribution in [3.05, 3.63) is 115 Å². The van der Waals surface area contributed by atoms with Crippen LogP contribution in [0.4, 0.5) is 5.69 Å². The Bertz CT molecular complexity index is 1960. The monoisotopic (exact) mass is 463 g/mol. The Morgan fingerprint density at radius 3 is 2.03 bits per heavy atom. The molecule has 162 valence electrons. The number of fused-ring (bicyclic) bond motifs is 6. The first-order valence-electron chi connectivity index (χ1n) is 11.4. The molecule has 4 aromatic carbocycles. The molecular weight excluding hydrogens is 446 g/mol. The Balaban J connectivity index is 1.45. The standard InChI is InChI=1S/C31H17N3S/c1-32-23-10-6-19(7-11-23)20-8-12-28-26(16-20)27-17-21(9-13-29(27)35-28)25-18-22-4-2-14-33-30(22)31-24(25)5-3-15-34-31/h2-18H. The Kier molecular flexibility index (Phi) is 4.38. The van der Waals surface area contributed by atoms with Crippen LogP contribution in [0.25, 0.3) is 69.1 Å². The van der Waals surface area contributed by atoms with Gasteiger partial charge in [0.05, 0.1) is 17.6 Å². The number of benzene rings is 4. The Hall–Kier alpha value is -4.59. The van der Waals surface area contributed by atoms with Gasteiger partial charge >= 0.3 is 0 Å². The quantitative estimate of drug-likeness (QED) is 0.189. The highest BCUT2D eigenvalue weighted by Crippen LogP contribution is 2.40. The van der Waals surface area contributed by atoms with E-state index in [0.717, 1.165) is 32.9 Å². The lowest BCUT2D eigenvalue weighted by Crippen LogP contribution is -1.88. The van der Waals surface area contributed by atoms with Crippen molar-refractivity contribution in [3.8, 4) is 22.3 Å². The molecule has 0 aliphatic rings. The van der Waals surface area contributed by atoms with Gasteiger partial charge in [0.2, 0.25) is 0 Å². The Labute approximate surface area is 205 Å².